The second-order valence-corrected chi connectivity index (χ2v) is 5.57. The van der Waals surface area contributed by atoms with Crippen molar-refractivity contribution in [2.45, 2.75) is 57.3 Å². The van der Waals surface area contributed by atoms with Crippen LogP contribution in [-0.2, 0) is 4.79 Å². The molecule has 5 nitrogen and oxygen atoms in total. The Morgan fingerprint density at radius 1 is 0.920 bits per heavy atom. The lowest BCUT2D eigenvalue weighted by Gasteiger charge is -2.13. The van der Waals surface area contributed by atoms with Crippen molar-refractivity contribution in [2.75, 3.05) is 0 Å². The third-order valence-corrected chi connectivity index (χ3v) is 3.26. The molecule has 0 amide bonds. The molecule has 0 spiro atoms. The largest absolute Gasteiger partial charge is 0.481 e. The topological polar surface area (TPSA) is 98.0 Å². The van der Waals surface area contributed by atoms with Gasteiger partial charge in [-0.15, -0.1) is 0 Å². The molecular formula is C20H30O5. The average Bonchev–Trinajstić information content (AvgIpc) is 2.56. The van der Waals surface area contributed by atoms with Gasteiger partial charge in [0.15, 0.2) is 0 Å². The zero-order valence-electron chi connectivity index (χ0n) is 14.7. The van der Waals surface area contributed by atoms with Crippen molar-refractivity contribution in [3.63, 3.8) is 0 Å². The number of carbonyl (C=O) groups is 1. The zero-order chi connectivity index (χ0) is 18.9. The summed E-state index contributed by atoms with van der Waals surface area (Å²) in [4.78, 5) is 10.4. The van der Waals surface area contributed by atoms with Crippen LogP contribution >= 0.6 is 0 Å². The second-order valence-electron chi connectivity index (χ2n) is 5.57. The van der Waals surface area contributed by atoms with E-state index in [0.29, 0.717) is 12.8 Å². The molecule has 0 aromatic heterocycles. The minimum atomic E-state index is -1.02. The van der Waals surface area contributed by atoms with Crippen molar-refractivity contribution in [3.05, 3.63) is 60.8 Å². The van der Waals surface area contributed by atoms with Gasteiger partial charge in [0.2, 0.25) is 0 Å². The Hall–Kier alpha value is -1.95. The Morgan fingerprint density at radius 3 is 2.12 bits per heavy atom. The summed E-state index contributed by atoms with van der Waals surface area (Å²) in [6, 6.07) is 0. The van der Waals surface area contributed by atoms with Crippen molar-refractivity contribution in [2.24, 2.45) is 0 Å². The monoisotopic (exact) mass is 350 g/mol. The molecular weight excluding hydrogens is 320 g/mol. The Bertz CT molecular complexity index is 488. The highest BCUT2D eigenvalue weighted by molar-refractivity contribution is 5.66. The Morgan fingerprint density at radius 2 is 1.52 bits per heavy atom. The van der Waals surface area contributed by atoms with Gasteiger partial charge in [0, 0.05) is 6.42 Å². The summed E-state index contributed by atoms with van der Waals surface area (Å²) in [6.07, 6.45) is 17.2. The van der Waals surface area contributed by atoms with Gasteiger partial charge in [-0.1, -0.05) is 67.7 Å². The number of aliphatic hydroxyl groups is 3. The van der Waals surface area contributed by atoms with Crippen molar-refractivity contribution < 1.29 is 25.2 Å². The predicted octanol–water partition coefficient (Wildman–Crippen LogP) is 2.91. The van der Waals surface area contributed by atoms with Gasteiger partial charge in [0.25, 0.3) is 0 Å². The number of allylic oxidation sites excluding steroid dienone is 7. The summed E-state index contributed by atoms with van der Waals surface area (Å²) in [5.41, 5.74) is 0. The first-order valence-corrected chi connectivity index (χ1v) is 8.56. The van der Waals surface area contributed by atoms with Gasteiger partial charge in [-0.3, -0.25) is 4.79 Å². The van der Waals surface area contributed by atoms with E-state index < -0.39 is 24.3 Å². The number of aliphatic carboxylic acids is 1. The van der Waals surface area contributed by atoms with Crippen LogP contribution in [0.4, 0.5) is 0 Å². The molecule has 0 aliphatic carbocycles. The first kappa shape index (κ1) is 23.1. The van der Waals surface area contributed by atoms with Gasteiger partial charge in [0.1, 0.15) is 0 Å². The molecule has 140 valence electrons. The fraction of sp³-hybridized carbons (Fsp3) is 0.450. The molecule has 0 aliphatic heterocycles. The van der Waals surface area contributed by atoms with Crippen LogP contribution in [0.5, 0.6) is 0 Å². The minimum Gasteiger partial charge on any atom is -0.481 e. The minimum absolute atomic E-state index is 0.0186. The van der Waals surface area contributed by atoms with Crippen molar-refractivity contribution in [1.82, 2.24) is 0 Å². The molecule has 0 aliphatic rings. The molecule has 0 unspecified atom stereocenters. The zero-order valence-corrected chi connectivity index (χ0v) is 14.7. The number of hydrogen-bond acceptors (Lipinski definition) is 4. The van der Waals surface area contributed by atoms with Gasteiger partial charge < -0.3 is 20.4 Å². The molecule has 25 heavy (non-hydrogen) atoms. The highest BCUT2D eigenvalue weighted by Gasteiger charge is 2.12. The summed E-state index contributed by atoms with van der Waals surface area (Å²) in [7, 11) is 0. The summed E-state index contributed by atoms with van der Waals surface area (Å²) in [5, 5.41) is 37.5. The molecule has 0 saturated heterocycles. The van der Waals surface area contributed by atoms with Gasteiger partial charge in [0.05, 0.1) is 18.3 Å². The average molecular weight is 350 g/mol. The van der Waals surface area contributed by atoms with E-state index in [0.717, 1.165) is 6.42 Å². The number of rotatable bonds is 13. The van der Waals surface area contributed by atoms with E-state index in [-0.39, 0.29) is 12.8 Å². The summed E-state index contributed by atoms with van der Waals surface area (Å²) in [6.45, 7) is 2.04. The van der Waals surface area contributed by atoms with Crippen LogP contribution in [-0.4, -0.2) is 44.7 Å². The lowest BCUT2D eigenvalue weighted by molar-refractivity contribution is -0.137. The fourth-order valence-electron chi connectivity index (χ4n) is 1.87. The Balaban J connectivity index is 4.02. The fourth-order valence-corrected chi connectivity index (χ4v) is 1.87. The maximum atomic E-state index is 10.4. The van der Waals surface area contributed by atoms with Crippen LogP contribution in [0.1, 0.15) is 39.0 Å². The normalized spacial score (nSPS) is 16.6. The highest BCUT2D eigenvalue weighted by Crippen LogP contribution is 2.06. The maximum Gasteiger partial charge on any atom is 0.303 e. The molecule has 4 N–H and O–H groups in total. The number of aliphatic hydroxyl groups excluding tert-OH is 3. The van der Waals surface area contributed by atoms with Crippen LogP contribution in [0.25, 0.3) is 0 Å². The van der Waals surface area contributed by atoms with E-state index in [1.54, 1.807) is 42.5 Å². The van der Waals surface area contributed by atoms with E-state index in [9.17, 15) is 20.1 Å². The maximum absolute atomic E-state index is 10.4. The third-order valence-electron chi connectivity index (χ3n) is 3.26. The SMILES string of the molecule is CC/C=C\C[C@@H](O)/C=C/C=C/C=C\C=C/[C@@H](O)[C@@H](O)CCCC(=O)O. The molecule has 0 rings (SSSR count). The molecule has 5 heteroatoms. The standard InChI is InChI=1S/C20H30O5/c1-2-3-8-12-17(21)13-9-6-4-5-7-10-14-18(22)19(23)15-11-16-20(24)25/h3-10,13-14,17-19,21-23H,2,11-12,15-16H2,1H3,(H,24,25)/b6-4+,7-5-,8-3-,13-9+,14-10-/t17-,18-,19+/m1/s1. The van der Waals surface area contributed by atoms with E-state index >= 15 is 0 Å². The Kier molecular flexibility index (Phi) is 14.4. The van der Waals surface area contributed by atoms with Crippen LogP contribution in [0.2, 0.25) is 0 Å². The van der Waals surface area contributed by atoms with E-state index in [1.165, 1.54) is 6.08 Å². The lowest BCUT2D eigenvalue weighted by Crippen LogP contribution is -2.23. The van der Waals surface area contributed by atoms with Crippen LogP contribution in [0, 0.1) is 0 Å². The highest BCUT2D eigenvalue weighted by atomic mass is 16.4. The molecule has 0 saturated carbocycles. The summed E-state index contributed by atoms with van der Waals surface area (Å²) < 4.78 is 0. The summed E-state index contributed by atoms with van der Waals surface area (Å²) >= 11 is 0. The molecule has 0 aromatic rings. The van der Waals surface area contributed by atoms with Gasteiger partial charge >= 0.3 is 5.97 Å². The predicted molar refractivity (Wildman–Crippen MR) is 100 cm³/mol. The molecule has 0 heterocycles. The van der Waals surface area contributed by atoms with Crippen LogP contribution in [0.15, 0.2) is 60.8 Å². The van der Waals surface area contributed by atoms with Crippen molar-refractivity contribution in [1.29, 1.82) is 0 Å². The molecule has 0 fully saturated rings. The van der Waals surface area contributed by atoms with E-state index in [1.807, 2.05) is 19.1 Å². The van der Waals surface area contributed by atoms with Crippen molar-refractivity contribution in [3.8, 4) is 0 Å². The lowest BCUT2D eigenvalue weighted by atomic mass is 10.1. The van der Waals surface area contributed by atoms with Crippen LogP contribution < -0.4 is 0 Å². The molecule has 0 aromatic carbocycles. The van der Waals surface area contributed by atoms with E-state index in [2.05, 4.69) is 0 Å². The number of carboxylic acids is 1. The molecule has 0 bridgehead atoms. The van der Waals surface area contributed by atoms with Gasteiger partial charge in [-0.25, -0.2) is 0 Å². The smallest absolute Gasteiger partial charge is 0.303 e. The molecule has 0 radical (unpaired) electrons. The Labute approximate surface area is 150 Å². The summed E-state index contributed by atoms with van der Waals surface area (Å²) in [5.74, 6) is -0.911. The quantitative estimate of drug-likeness (QED) is 0.302. The third kappa shape index (κ3) is 15.3. The van der Waals surface area contributed by atoms with Gasteiger partial charge in [-0.2, -0.15) is 0 Å². The number of hydrogen-bond donors (Lipinski definition) is 4. The second kappa shape index (κ2) is 15.6. The van der Waals surface area contributed by atoms with Gasteiger partial charge in [-0.05, 0) is 25.7 Å². The van der Waals surface area contributed by atoms with E-state index in [4.69, 9.17) is 5.11 Å². The first-order chi connectivity index (χ1) is 12.0. The first-order valence-electron chi connectivity index (χ1n) is 8.56. The van der Waals surface area contributed by atoms with Crippen molar-refractivity contribution >= 4 is 5.97 Å². The van der Waals surface area contributed by atoms with Crippen LogP contribution in [0.3, 0.4) is 0 Å². The molecule has 3 atom stereocenters. The number of carboxylic acid groups (broad SMARTS) is 1.